The lowest BCUT2D eigenvalue weighted by Crippen LogP contribution is -2.19. The van der Waals surface area contributed by atoms with Crippen molar-refractivity contribution in [3.8, 4) is 5.75 Å². The molecular formula is C8H4F6N2O3. The van der Waals surface area contributed by atoms with Gasteiger partial charge < -0.3 is 14.9 Å². The van der Waals surface area contributed by atoms with Crippen LogP contribution in [-0.2, 0) is 6.18 Å². The molecule has 0 saturated carbocycles. The second-order valence-corrected chi connectivity index (χ2v) is 3.25. The van der Waals surface area contributed by atoms with Crippen LogP contribution >= 0.6 is 0 Å². The molecule has 0 aliphatic heterocycles. The van der Waals surface area contributed by atoms with Gasteiger partial charge in [-0.2, -0.15) is 13.2 Å². The largest absolute Gasteiger partial charge is 0.573 e. The maximum atomic E-state index is 12.5. The van der Waals surface area contributed by atoms with Crippen LogP contribution in [0, 0.1) is 17.0 Å². The Kier molecular flexibility index (Phi) is 3.59. The Hall–Kier alpha value is -2.07. The molecule has 0 bridgehead atoms. The van der Waals surface area contributed by atoms with Gasteiger partial charge in [0.2, 0.25) is 0 Å². The molecule has 5 nitrogen and oxygen atoms in total. The minimum Gasteiger partial charge on any atom is -0.401 e. The molecule has 0 N–H and O–H groups in total. The molecule has 106 valence electrons. The Bertz CT molecular complexity index is 510. The highest BCUT2D eigenvalue weighted by molar-refractivity contribution is 5.43. The van der Waals surface area contributed by atoms with Crippen molar-refractivity contribution >= 4 is 5.82 Å². The zero-order valence-corrected chi connectivity index (χ0v) is 8.96. The second-order valence-electron chi connectivity index (χ2n) is 3.25. The third kappa shape index (κ3) is 3.69. The monoisotopic (exact) mass is 290 g/mol. The molecule has 1 rings (SSSR count). The van der Waals surface area contributed by atoms with Crippen LogP contribution in [0.1, 0.15) is 11.3 Å². The minimum atomic E-state index is -5.23. The molecule has 0 aliphatic rings. The number of nitro groups is 1. The van der Waals surface area contributed by atoms with Crippen molar-refractivity contribution in [3.05, 3.63) is 27.4 Å². The summed E-state index contributed by atoms with van der Waals surface area (Å²) in [6.07, 6.45) is -10.5. The van der Waals surface area contributed by atoms with Crippen molar-refractivity contribution in [1.29, 1.82) is 0 Å². The average Bonchev–Trinajstić information content (AvgIpc) is 2.16. The Morgan fingerprint density at radius 1 is 1.26 bits per heavy atom. The van der Waals surface area contributed by atoms with Crippen LogP contribution in [0.3, 0.4) is 0 Å². The Labute approximate surface area is 101 Å². The Morgan fingerprint density at radius 2 is 1.79 bits per heavy atom. The van der Waals surface area contributed by atoms with Gasteiger partial charge >= 0.3 is 18.4 Å². The number of pyridine rings is 1. The Morgan fingerprint density at radius 3 is 2.16 bits per heavy atom. The summed E-state index contributed by atoms with van der Waals surface area (Å²) in [6.45, 7) is 0.855. The van der Waals surface area contributed by atoms with Gasteiger partial charge in [0, 0.05) is 13.0 Å². The van der Waals surface area contributed by atoms with E-state index in [9.17, 15) is 36.5 Å². The zero-order valence-electron chi connectivity index (χ0n) is 8.96. The van der Waals surface area contributed by atoms with Gasteiger partial charge in [-0.1, -0.05) is 0 Å². The molecule has 1 heterocycles. The number of nitrogens with zero attached hydrogens (tertiary/aromatic N) is 2. The van der Waals surface area contributed by atoms with Crippen molar-refractivity contribution < 1.29 is 36.0 Å². The van der Waals surface area contributed by atoms with Crippen molar-refractivity contribution in [1.82, 2.24) is 4.98 Å². The van der Waals surface area contributed by atoms with Gasteiger partial charge in [-0.05, 0) is 9.91 Å². The van der Waals surface area contributed by atoms with Crippen LogP contribution in [-0.4, -0.2) is 16.3 Å². The van der Waals surface area contributed by atoms with Gasteiger partial charge in [0.1, 0.15) is 0 Å². The van der Waals surface area contributed by atoms with Crippen molar-refractivity contribution in [3.63, 3.8) is 0 Å². The average molecular weight is 290 g/mol. The van der Waals surface area contributed by atoms with Crippen LogP contribution in [0.2, 0.25) is 0 Å². The first-order valence-corrected chi connectivity index (χ1v) is 4.41. The van der Waals surface area contributed by atoms with Gasteiger partial charge in [-0.3, -0.25) is 0 Å². The first kappa shape index (κ1) is 15.0. The summed E-state index contributed by atoms with van der Waals surface area (Å²) in [6, 6.07) is -0.103. The van der Waals surface area contributed by atoms with E-state index in [1.54, 1.807) is 0 Å². The molecule has 0 amide bonds. The lowest BCUT2D eigenvalue weighted by molar-refractivity contribution is -0.393. The van der Waals surface area contributed by atoms with E-state index in [1.165, 1.54) is 0 Å². The smallest absolute Gasteiger partial charge is 0.401 e. The fourth-order valence-electron chi connectivity index (χ4n) is 1.15. The summed E-state index contributed by atoms with van der Waals surface area (Å²) in [7, 11) is 0. The summed E-state index contributed by atoms with van der Waals surface area (Å²) in [4.78, 5) is 11.8. The fourth-order valence-corrected chi connectivity index (χ4v) is 1.15. The number of alkyl halides is 6. The predicted octanol–water partition coefficient (Wildman–Crippen LogP) is 3.22. The molecular weight excluding hydrogens is 286 g/mol. The maximum absolute atomic E-state index is 12.5. The molecule has 11 heteroatoms. The van der Waals surface area contributed by atoms with Crippen LogP contribution < -0.4 is 4.74 Å². The highest BCUT2D eigenvalue weighted by atomic mass is 19.4. The number of hydrogen-bond donors (Lipinski definition) is 0. The van der Waals surface area contributed by atoms with E-state index in [0.29, 0.717) is 0 Å². The van der Waals surface area contributed by atoms with Gasteiger partial charge in [0.15, 0.2) is 17.0 Å². The standard InChI is InChI=1S/C8H4F6N2O3/c1-3-5(19-8(12,13)14)2-4(7(9,10)11)6(15-3)16(17)18/h2H,1H3. The van der Waals surface area contributed by atoms with E-state index in [2.05, 4.69) is 9.72 Å². The molecule has 0 aromatic carbocycles. The Balaban J connectivity index is 3.43. The van der Waals surface area contributed by atoms with Gasteiger partial charge in [0.25, 0.3) is 0 Å². The number of halogens is 6. The van der Waals surface area contributed by atoms with E-state index in [0.717, 1.165) is 6.92 Å². The number of rotatable bonds is 2. The lowest BCUT2D eigenvalue weighted by Gasteiger charge is -2.12. The third-order valence-corrected chi connectivity index (χ3v) is 1.85. The number of hydrogen-bond acceptors (Lipinski definition) is 4. The lowest BCUT2D eigenvalue weighted by atomic mass is 10.2. The van der Waals surface area contributed by atoms with Crippen LogP contribution in [0.5, 0.6) is 5.75 Å². The van der Waals surface area contributed by atoms with Crippen molar-refractivity contribution in [2.24, 2.45) is 0 Å². The summed E-state index contributed by atoms with van der Waals surface area (Å²) < 4.78 is 76.6. The highest BCUT2D eigenvalue weighted by Gasteiger charge is 2.42. The van der Waals surface area contributed by atoms with E-state index in [-0.39, 0.29) is 6.07 Å². The quantitative estimate of drug-likeness (QED) is 0.476. The first-order valence-electron chi connectivity index (χ1n) is 4.41. The first-order chi connectivity index (χ1) is 8.42. The molecule has 1 aromatic heterocycles. The molecule has 0 unspecified atom stereocenters. The summed E-state index contributed by atoms with van der Waals surface area (Å²) in [5, 5.41) is 10.4. The molecule has 0 spiro atoms. The zero-order chi connectivity index (χ0) is 15.0. The van der Waals surface area contributed by atoms with Gasteiger partial charge in [0.05, 0.1) is 0 Å². The van der Waals surface area contributed by atoms with Crippen molar-refractivity contribution in [2.75, 3.05) is 0 Å². The molecule has 0 aliphatic carbocycles. The normalized spacial score (nSPS) is 12.4. The molecule has 1 aromatic rings. The minimum absolute atomic E-state index is 0.103. The summed E-state index contributed by atoms with van der Waals surface area (Å²) >= 11 is 0. The maximum Gasteiger partial charge on any atom is 0.573 e. The molecule has 0 saturated heterocycles. The highest BCUT2D eigenvalue weighted by Crippen LogP contribution is 2.39. The molecule has 19 heavy (non-hydrogen) atoms. The number of aryl methyl sites for hydroxylation is 1. The number of ether oxygens (including phenoxy) is 1. The van der Waals surface area contributed by atoms with Crippen LogP contribution in [0.25, 0.3) is 0 Å². The number of aromatic nitrogens is 1. The van der Waals surface area contributed by atoms with E-state index >= 15 is 0 Å². The third-order valence-electron chi connectivity index (χ3n) is 1.85. The van der Waals surface area contributed by atoms with E-state index < -0.39 is 40.3 Å². The SMILES string of the molecule is Cc1nc([N+](=O)[O-])c(C(F)(F)F)cc1OC(F)(F)F. The molecule has 0 fully saturated rings. The topological polar surface area (TPSA) is 65.3 Å². The van der Waals surface area contributed by atoms with Gasteiger partial charge in [-0.15, -0.1) is 13.2 Å². The van der Waals surface area contributed by atoms with Crippen molar-refractivity contribution in [2.45, 2.75) is 19.5 Å². The molecule has 0 radical (unpaired) electrons. The van der Waals surface area contributed by atoms with Crippen LogP contribution in [0.15, 0.2) is 6.07 Å². The van der Waals surface area contributed by atoms with E-state index in [4.69, 9.17) is 0 Å². The van der Waals surface area contributed by atoms with Crippen LogP contribution in [0.4, 0.5) is 32.2 Å². The second kappa shape index (κ2) is 4.55. The summed E-state index contributed by atoms with van der Waals surface area (Å²) in [5.74, 6) is -2.83. The molecule has 0 atom stereocenters. The van der Waals surface area contributed by atoms with E-state index in [1.807, 2.05) is 0 Å². The van der Waals surface area contributed by atoms with Gasteiger partial charge in [-0.25, -0.2) is 0 Å². The summed E-state index contributed by atoms with van der Waals surface area (Å²) in [5.41, 5.74) is -2.60. The fraction of sp³-hybridized carbons (Fsp3) is 0.375. The predicted molar refractivity (Wildman–Crippen MR) is 47.3 cm³/mol.